The quantitative estimate of drug-likeness (QED) is 0.316. The largest absolute Gasteiger partial charge is 0.508 e. The molecule has 1 amide bonds. The molecule has 2 atom stereocenters. The van der Waals surface area contributed by atoms with E-state index in [9.17, 15) is 15.0 Å². The summed E-state index contributed by atoms with van der Waals surface area (Å²) in [5.74, 6) is 0.608. The standard InChI is InChI=1S/C27H34N4O3/c1-17(30-16-25(33)23-8-10-26(28)31-15-23)13-20-5-4-6-22(14-20)27(34)29-12-11-21-7-9-24(32)19(3)18(21)2/h4-10,14-15,17,25,30,32-33H,11-13,16H2,1-3H3,(H2,28,31)(H,29,34). The summed E-state index contributed by atoms with van der Waals surface area (Å²) >= 11 is 0. The lowest BCUT2D eigenvalue weighted by Crippen LogP contribution is -2.32. The second-order valence-corrected chi connectivity index (χ2v) is 8.75. The van der Waals surface area contributed by atoms with Gasteiger partial charge in [0.2, 0.25) is 0 Å². The number of aliphatic hydroxyl groups excluding tert-OH is 1. The molecule has 0 saturated carbocycles. The Labute approximate surface area is 201 Å². The third kappa shape index (κ3) is 6.79. The normalized spacial score (nSPS) is 12.8. The lowest BCUT2D eigenvalue weighted by atomic mass is 10.00. The predicted molar refractivity (Wildman–Crippen MR) is 135 cm³/mol. The molecular formula is C27H34N4O3. The predicted octanol–water partition coefficient (Wildman–Crippen LogP) is 3.21. The van der Waals surface area contributed by atoms with Crippen molar-refractivity contribution < 1.29 is 15.0 Å². The van der Waals surface area contributed by atoms with Crippen molar-refractivity contribution in [3.05, 3.63) is 88.1 Å². The number of nitrogen functional groups attached to an aromatic ring is 1. The van der Waals surface area contributed by atoms with Crippen LogP contribution in [0.5, 0.6) is 5.75 Å². The van der Waals surface area contributed by atoms with E-state index in [2.05, 4.69) is 15.6 Å². The number of aromatic nitrogens is 1. The van der Waals surface area contributed by atoms with Gasteiger partial charge >= 0.3 is 0 Å². The molecule has 3 aromatic rings. The molecule has 6 N–H and O–H groups in total. The molecule has 0 radical (unpaired) electrons. The fourth-order valence-corrected chi connectivity index (χ4v) is 3.86. The third-order valence-corrected chi connectivity index (χ3v) is 6.14. The van der Waals surface area contributed by atoms with E-state index in [1.165, 1.54) is 0 Å². The molecule has 0 fully saturated rings. The summed E-state index contributed by atoms with van der Waals surface area (Å²) < 4.78 is 0. The van der Waals surface area contributed by atoms with E-state index in [4.69, 9.17) is 5.73 Å². The highest BCUT2D eigenvalue weighted by Crippen LogP contribution is 2.23. The Morgan fingerprint density at radius 3 is 2.65 bits per heavy atom. The monoisotopic (exact) mass is 462 g/mol. The number of hydrogen-bond donors (Lipinski definition) is 5. The first kappa shape index (κ1) is 25.2. The van der Waals surface area contributed by atoms with Crippen molar-refractivity contribution in [3.63, 3.8) is 0 Å². The van der Waals surface area contributed by atoms with Crippen molar-refractivity contribution in [1.82, 2.24) is 15.6 Å². The third-order valence-electron chi connectivity index (χ3n) is 6.14. The summed E-state index contributed by atoms with van der Waals surface area (Å²) in [6.45, 7) is 6.83. The second-order valence-electron chi connectivity index (χ2n) is 8.75. The Balaban J connectivity index is 1.49. The first-order chi connectivity index (χ1) is 16.2. The number of phenolic OH excluding ortho intramolecular Hbond substituents is 1. The summed E-state index contributed by atoms with van der Waals surface area (Å²) in [6.07, 6.45) is 2.33. The number of carbonyl (C=O) groups excluding carboxylic acids is 1. The summed E-state index contributed by atoms with van der Waals surface area (Å²) in [6, 6.07) is 14.8. The molecule has 0 spiro atoms. The van der Waals surface area contributed by atoms with E-state index < -0.39 is 6.10 Å². The molecule has 0 aliphatic heterocycles. The van der Waals surface area contributed by atoms with Gasteiger partial charge in [0.1, 0.15) is 11.6 Å². The van der Waals surface area contributed by atoms with Gasteiger partial charge in [-0.05, 0) is 80.1 Å². The Kier molecular flexibility index (Phi) is 8.62. The van der Waals surface area contributed by atoms with Gasteiger partial charge in [0.05, 0.1) is 6.10 Å². The molecule has 0 aliphatic rings. The number of nitrogens with one attached hydrogen (secondary N) is 2. The Morgan fingerprint density at radius 1 is 1.12 bits per heavy atom. The first-order valence-corrected chi connectivity index (χ1v) is 11.5. The molecule has 7 heteroatoms. The Hall–Kier alpha value is -3.42. The minimum Gasteiger partial charge on any atom is -0.508 e. The van der Waals surface area contributed by atoms with Crippen molar-refractivity contribution in [3.8, 4) is 5.75 Å². The molecule has 7 nitrogen and oxygen atoms in total. The van der Waals surface area contributed by atoms with Gasteiger partial charge in [-0.3, -0.25) is 4.79 Å². The number of anilines is 1. The topological polar surface area (TPSA) is 120 Å². The van der Waals surface area contributed by atoms with Gasteiger partial charge < -0.3 is 26.6 Å². The maximum atomic E-state index is 12.7. The van der Waals surface area contributed by atoms with Crippen LogP contribution in [0.1, 0.15) is 51.2 Å². The number of aromatic hydroxyl groups is 1. The van der Waals surface area contributed by atoms with Crippen molar-refractivity contribution in [1.29, 1.82) is 0 Å². The number of nitrogens with two attached hydrogens (primary N) is 1. The fraction of sp³-hybridized carbons (Fsp3) is 0.333. The Morgan fingerprint density at radius 2 is 1.91 bits per heavy atom. The van der Waals surface area contributed by atoms with Crippen LogP contribution < -0.4 is 16.4 Å². The van der Waals surface area contributed by atoms with Crippen molar-refractivity contribution in [2.24, 2.45) is 0 Å². The van der Waals surface area contributed by atoms with Gasteiger partial charge in [-0.15, -0.1) is 0 Å². The highest BCUT2D eigenvalue weighted by atomic mass is 16.3. The van der Waals surface area contributed by atoms with E-state index in [1.807, 2.05) is 51.1 Å². The average molecular weight is 463 g/mol. The van der Waals surface area contributed by atoms with Gasteiger partial charge in [-0.1, -0.05) is 24.3 Å². The summed E-state index contributed by atoms with van der Waals surface area (Å²) in [5, 5.41) is 26.5. The lowest BCUT2D eigenvalue weighted by Gasteiger charge is -2.18. The summed E-state index contributed by atoms with van der Waals surface area (Å²) in [5.41, 5.74) is 11.0. The minimum atomic E-state index is -0.673. The van der Waals surface area contributed by atoms with Crippen molar-refractivity contribution in [2.45, 2.75) is 45.8 Å². The van der Waals surface area contributed by atoms with Crippen LogP contribution in [0.4, 0.5) is 5.82 Å². The summed E-state index contributed by atoms with van der Waals surface area (Å²) in [4.78, 5) is 16.7. The van der Waals surface area contributed by atoms with Gasteiger partial charge in [-0.25, -0.2) is 4.98 Å². The zero-order chi connectivity index (χ0) is 24.7. The van der Waals surface area contributed by atoms with Crippen LogP contribution in [0.15, 0.2) is 54.7 Å². The maximum absolute atomic E-state index is 12.7. The Bertz CT molecular complexity index is 1120. The van der Waals surface area contributed by atoms with Gasteiger partial charge in [-0.2, -0.15) is 0 Å². The van der Waals surface area contributed by atoms with E-state index in [-0.39, 0.29) is 11.9 Å². The molecule has 3 rings (SSSR count). The number of pyridine rings is 1. The molecule has 34 heavy (non-hydrogen) atoms. The number of rotatable bonds is 10. The summed E-state index contributed by atoms with van der Waals surface area (Å²) in [7, 11) is 0. The van der Waals surface area contributed by atoms with Crippen LogP contribution in [0.3, 0.4) is 0 Å². The van der Waals surface area contributed by atoms with Crippen LogP contribution in [0.2, 0.25) is 0 Å². The smallest absolute Gasteiger partial charge is 0.251 e. The van der Waals surface area contributed by atoms with Gasteiger partial charge in [0, 0.05) is 36.5 Å². The number of benzene rings is 2. The number of hydrogen-bond acceptors (Lipinski definition) is 6. The van der Waals surface area contributed by atoms with E-state index in [0.29, 0.717) is 42.2 Å². The molecule has 180 valence electrons. The number of aliphatic hydroxyl groups is 1. The number of carbonyl (C=O) groups is 1. The maximum Gasteiger partial charge on any atom is 0.251 e. The zero-order valence-electron chi connectivity index (χ0n) is 20.0. The van der Waals surface area contributed by atoms with Crippen LogP contribution in [0.25, 0.3) is 0 Å². The van der Waals surface area contributed by atoms with E-state index in [0.717, 1.165) is 28.7 Å². The minimum absolute atomic E-state index is 0.107. The fourth-order valence-electron chi connectivity index (χ4n) is 3.86. The molecular weight excluding hydrogens is 428 g/mol. The number of nitrogens with zero attached hydrogens (tertiary/aromatic N) is 1. The molecule has 0 saturated heterocycles. The molecule has 1 heterocycles. The van der Waals surface area contributed by atoms with Crippen LogP contribution in [0, 0.1) is 13.8 Å². The lowest BCUT2D eigenvalue weighted by molar-refractivity contribution is 0.0954. The van der Waals surface area contributed by atoms with Crippen LogP contribution in [-0.4, -0.2) is 40.2 Å². The van der Waals surface area contributed by atoms with Crippen molar-refractivity contribution in [2.75, 3.05) is 18.8 Å². The average Bonchev–Trinajstić information content (AvgIpc) is 2.83. The highest BCUT2D eigenvalue weighted by molar-refractivity contribution is 5.94. The SMILES string of the molecule is Cc1c(O)ccc(CCNC(=O)c2cccc(CC(C)NCC(O)c3ccc(N)nc3)c2)c1C. The zero-order valence-corrected chi connectivity index (χ0v) is 20.0. The van der Waals surface area contributed by atoms with Gasteiger partial charge in [0.25, 0.3) is 5.91 Å². The van der Waals surface area contributed by atoms with E-state index in [1.54, 1.807) is 24.4 Å². The molecule has 0 aliphatic carbocycles. The van der Waals surface area contributed by atoms with E-state index >= 15 is 0 Å². The van der Waals surface area contributed by atoms with Crippen molar-refractivity contribution >= 4 is 11.7 Å². The number of amides is 1. The number of phenols is 1. The second kappa shape index (κ2) is 11.6. The van der Waals surface area contributed by atoms with Gasteiger partial charge in [0.15, 0.2) is 0 Å². The molecule has 0 bridgehead atoms. The van der Waals surface area contributed by atoms with Crippen LogP contribution in [-0.2, 0) is 12.8 Å². The van der Waals surface area contributed by atoms with Crippen LogP contribution >= 0.6 is 0 Å². The molecule has 2 unspecified atom stereocenters. The molecule has 2 aromatic carbocycles. The first-order valence-electron chi connectivity index (χ1n) is 11.5. The molecule has 1 aromatic heterocycles. The highest BCUT2D eigenvalue weighted by Gasteiger charge is 2.12.